The van der Waals surface area contributed by atoms with Gasteiger partial charge >= 0.3 is 0 Å². The van der Waals surface area contributed by atoms with Gasteiger partial charge in [-0.2, -0.15) is 0 Å². The van der Waals surface area contributed by atoms with Crippen LogP contribution in [-0.4, -0.2) is 5.75 Å². The Hall–Kier alpha value is -0.730. The predicted octanol–water partition coefficient (Wildman–Crippen LogP) is 4.78. The number of benzene rings is 2. The molecule has 0 heterocycles. The second-order valence-corrected chi connectivity index (χ2v) is 5.63. The van der Waals surface area contributed by atoms with E-state index in [4.69, 9.17) is 0 Å². The van der Waals surface area contributed by atoms with Crippen LogP contribution in [0.1, 0.15) is 5.56 Å². The van der Waals surface area contributed by atoms with E-state index in [1.165, 1.54) is 10.5 Å². The molecule has 0 unspecified atom stereocenters. The third-order valence-corrected chi connectivity index (χ3v) is 3.79. The smallest absolute Gasteiger partial charge is 0.0186 e. The van der Waals surface area contributed by atoms with Crippen molar-refractivity contribution in [2.24, 2.45) is 0 Å². The fraction of sp³-hybridized carbons (Fsp3) is 0.143. The molecule has 0 fully saturated rings. The van der Waals surface area contributed by atoms with E-state index in [1.54, 1.807) is 0 Å². The summed E-state index contributed by atoms with van der Waals surface area (Å²) >= 11 is 5.39. The Morgan fingerprint density at radius 2 is 1.75 bits per heavy atom. The molecule has 16 heavy (non-hydrogen) atoms. The van der Waals surface area contributed by atoms with E-state index in [-0.39, 0.29) is 0 Å². The largest absolute Gasteiger partial charge is 0.126 e. The molecule has 0 aliphatic heterocycles. The highest BCUT2D eigenvalue weighted by atomic mass is 79.9. The summed E-state index contributed by atoms with van der Waals surface area (Å²) in [6, 6.07) is 19.1. The quantitative estimate of drug-likeness (QED) is 0.731. The van der Waals surface area contributed by atoms with Crippen molar-refractivity contribution in [1.82, 2.24) is 0 Å². The fourth-order valence-electron chi connectivity index (χ4n) is 1.49. The second-order valence-electron chi connectivity index (χ2n) is 3.54. The summed E-state index contributed by atoms with van der Waals surface area (Å²) in [6.07, 6.45) is 1.12. The highest BCUT2D eigenvalue weighted by Crippen LogP contribution is 2.22. The molecular formula is C14H13BrS. The van der Waals surface area contributed by atoms with E-state index in [2.05, 4.69) is 70.5 Å². The SMILES string of the molecule is Brc1cccc(SCCc2ccccc2)c1. The molecule has 2 heteroatoms. The molecule has 2 rings (SSSR count). The third kappa shape index (κ3) is 3.69. The maximum atomic E-state index is 3.49. The third-order valence-electron chi connectivity index (χ3n) is 2.30. The first-order chi connectivity index (χ1) is 7.84. The Bertz CT molecular complexity index is 439. The van der Waals surface area contributed by atoms with Crippen molar-refractivity contribution in [3.63, 3.8) is 0 Å². The number of rotatable bonds is 4. The summed E-state index contributed by atoms with van der Waals surface area (Å²) in [5.74, 6) is 1.13. The van der Waals surface area contributed by atoms with Gasteiger partial charge in [-0.15, -0.1) is 11.8 Å². The van der Waals surface area contributed by atoms with Gasteiger partial charge in [-0.1, -0.05) is 52.3 Å². The molecule has 0 spiro atoms. The first kappa shape index (κ1) is 11.7. The zero-order chi connectivity index (χ0) is 11.2. The van der Waals surface area contributed by atoms with Crippen molar-refractivity contribution in [1.29, 1.82) is 0 Å². The molecule has 2 aromatic rings. The maximum Gasteiger partial charge on any atom is 0.0186 e. The average molecular weight is 293 g/mol. The van der Waals surface area contributed by atoms with E-state index < -0.39 is 0 Å². The highest BCUT2D eigenvalue weighted by molar-refractivity contribution is 9.10. The molecule has 0 saturated carbocycles. The minimum atomic E-state index is 1.12. The van der Waals surface area contributed by atoms with E-state index in [0.717, 1.165) is 16.6 Å². The first-order valence-corrected chi connectivity index (χ1v) is 7.05. The Morgan fingerprint density at radius 1 is 0.938 bits per heavy atom. The van der Waals surface area contributed by atoms with Crippen molar-refractivity contribution in [2.45, 2.75) is 11.3 Å². The lowest BCUT2D eigenvalue weighted by Gasteiger charge is -2.02. The van der Waals surface area contributed by atoms with Crippen molar-refractivity contribution < 1.29 is 0 Å². The molecule has 82 valence electrons. The Labute approximate surface area is 109 Å². The van der Waals surface area contributed by atoms with Crippen LogP contribution < -0.4 is 0 Å². The van der Waals surface area contributed by atoms with Crippen LogP contribution in [0.15, 0.2) is 64.0 Å². The molecule has 0 aliphatic rings. The summed E-state index contributed by atoms with van der Waals surface area (Å²) < 4.78 is 1.15. The molecule has 0 amide bonds. The summed E-state index contributed by atoms with van der Waals surface area (Å²) in [5.41, 5.74) is 1.41. The topological polar surface area (TPSA) is 0 Å². The van der Waals surface area contributed by atoms with Crippen molar-refractivity contribution in [2.75, 3.05) is 5.75 Å². The normalized spacial score (nSPS) is 10.3. The minimum absolute atomic E-state index is 1.12. The lowest BCUT2D eigenvalue weighted by atomic mass is 10.2. The summed E-state index contributed by atoms with van der Waals surface area (Å²) in [4.78, 5) is 1.32. The number of thioether (sulfide) groups is 1. The van der Waals surface area contributed by atoms with Crippen LogP contribution in [0.4, 0.5) is 0 Å². The van der Waals surface area contributed by atoms with Crippen LogP contribution >= 0.6 is 27.7 Å². The van der Waals surface area contributed by atoms with Crippen molar-refractivity contribution in [3.8, 4) is 0 Å². The molecule has 0 atom stereocenters. The molecule has 0 aromatic heterocycles. The summed E-state index contributed by atoms with van der Waals surface area (Å²) in [6.45, 7) is 0. The van der Waals surface area contributed by atoms with Gasteiger partial charge in [-0.25, -0.2) is 0 Å². The van der Waals surface area contributed by atoms with Gasteiger partial charge in [0, 0.05) is 15.1 Å². The maximum absolute atomic E-state index is 3.49. The molecule has 0 nitrogen and oxygen atoms in total. The predicted molar refractivity (Wildman–Crippen MR) is 75.0 cm³/mol. The van der Waals surface area contributed by atoms with Gasteiger partial charge in [0.1, 0.15) is 0 Å². The zero-order valence-corrected chi connectivity index (χ0v) is 11.3. The highest BCUT2D eigenvalue weighted by Gasteiger charge is 1.96. The standard InChI is InChI=1S/C14H13BrS/c15-13-7-4-8-14(11-13)16-10-9-12-5-2-1-3-6-12/h1-8,11H,9-10H2. The van der Waals surface area contributed by atoms with Gasteiger partial charge in [-0.3, -0.25) is 0 Å². The molecule has 0 N–H and O–H groups in total. The Morgan fingerprint density at radius 3 is 2.50 bits per heavy atom. The fourth-order valence-corrected chi connectivity index (χ4v) is 3.00. The number of halogens is 1. The van der Waals surface area contributed by atoms with Gasteiger partial charge in [0.15, 0.2) is 0 Å². The Balaban J connectivity index is 1.85. The van der Waals surface area contributed by atoms with Crippen molar-refractivity contribution >= 4 is 27.7 Å². The monoisotopic (exact) mass is 292 g/mol. The lowest BCUT2D eigenvalue weighted by molar-refractivity contribution is 1.15. The van der Waals surface area contributed by atoms with Gasteiger partial charge in [0.25, 0.3) is 0 Å². The van der Waals surface area contributed by atoms with Crippen LogP contribution in [0.3, 0.4) is 0 Å². The van der Waals surface area contributed by atoms with Crippen LogP contribution in [-0.2, 0) is 6.42 Å². The van der Waals surface area contributed by atoms with Crippen LogP contribution in [0.2, 0.25) is 0 Å². The second kappa shape index (κ2) is 6.12. The average Bonchev–Trinajstić information content (AvgIpc) is 2.30. The minimum Gasteiger partial charge on any atom is -0.126 e. The zero-order valence-electron chi connectivity index (χ0n) is 8.90. The molecule has 0 bridgehead atoms. The molecular weight excluding hydrogens is 280 g/mol. The molecule has 0 saturated heterocycles. The van der Waals surface area contributed by atoms with Gasteiger partial charge in [0.05, 0.1) is 0 Å². The lowest BCUT2D eigenvalue weighted by Crippen LogP contribution is -1.87. The van der Waals surface area contributed by atoms with E-state index in [0.29, 0.717) is 0 Å². The van der Waals surface area contributed by atoms with Crippen LogP contribution in [0, 0.1) is 0 Å². The molecule has 0 radical (unpaired) electrons. The number of hydrogen-bond acceptors (Lipinski definition) is 1. The van der Waals surface area contributed by atoms with Crippen LogP contribution in [0.25, 0.3) is 0 Å². The van der Waals surface area contributed by atoms with Gasteiger partial charge < -0.3 is 0 Å². The first-order valence-electron chi connectivity index (χ1n) is 5.27. The van der Waals surface area contributed by atoms with Gasteiger partial charge in [-0.05, 0) is 30.2 Å². The van der Waals surface area contributed by atoms with Gasteiger partial charge in [0.2, 0.25) is 0 Å². The Kier molecular flexibility index (Phi) is 4.49. The summed E-state index contributed by atoms with van der Waals surface area (Å²) in [5, 5.41) is 0. The number of aryl methyl sites for hydroxylation is 1. The summed E-state index contributed by atoms with van der Waals surface area (Å²) in [7, 11) is 0. The molecule has 2 aromatic carbocycles. The van der Waals surface area contributed by atoms with E-state index >= 15 is 0 Å². The molecule has 0 aliphatic carbocycles. The van der Waals surface area contributed by atoms with E-state index in [9.17, 15) is 0 Å². The van der Waals surface area contributed by atoms with E-state index in [1.807, 2.05) is 11.8 Å². The van der Waals surface area contributed by atoms with Crippen LogP contribution in [0.5, 0.6) is 0 Å². The van der Waals surface area contributed by atoms with Crippen molar-refractivity contribution in [3.05, 3.63) is 64.6 Å². The number of hydrogen-bond donors (Lipinski definition) is 0.